The number of carbonyl (C=O) groups excluding carboxylic acids is 2. The van der Waals surface area contributed by atoms with Crippen LogP contribution in [0.1, 0.15) is 47.8 Å². The smallest absolute Gasteiger partial charge is 0.295 e. The van der Waals surface area contributed by atoms with Crippen molar-refractivity contribution in [1.29, 1.82) is 0 Å². The maximum Gasteiger partial charge on any atom is 0.295 e. The quantitative estimate of drug-likeness (QED) is 0.662. The largest absolute Gasteiger partial charge is 0.459 e. The summed E-state index contributed by atoms with van der Waals surface area (Å²) in [6.07, 6.45) is 8.33. The molecule has 7 heteroatoms. The van der Waals surface area contributed by atoms with Gasteiger partial charge in [-0.1, -0.05) is 31.0 Å². The molecule has 3 aromatic rings. The van der Waals surface area contributed by atoms with E-state index in [0.717, 1.165) is 30.6 Å². The normalized spacial score (nSPS) is 15.0. The Labute approximate surface area is 173 Å². The number of pyridine rings is 1. The number of hydrogen-bond acceptors (Lipinski definition) is 4. The number of hydrogen-bond donors (Lipinski definition) is 1. The van der Waals surface area contributed by atoms with E-state index < -0.39 is 17.8 Å². The van der Waals surface area contributed by atoms with Crippen molar-refractivity contribution in [1.82, 2.24) is 10.3 Å². The monoisotopic (exact) mass is 407 g/mol. The first-order valence-corrected chi connectivity index (χ1v) is 9.97. The summed E-state index contributed by atoms with van der Waals surface area (Å²) >= 11 is 0. The summed E-state index contributed by atoms with van der Waals surface area (Å²) in [7, 11) is 0. The van der Waals surface area contributed by atoms with Crippen molar-refractivity contribution in [3.05, 3.63) is 84.3 Å². The topological polar surface area (TPSA) is 75.4 Å². The van der Waals surface area contributed by atoms with Crippen molar-refractivity contribution in [2.24, 2.45) is 0 Å². The molecular formula is C23H22FN3O3. The Morgan fingerprint density at radius 1 is 1.10 bits per heavy atom. The van der Waals surface area contributed by atoms with E-state index in [9.17, 15) is 14.0 Å². The molecular weight excluding hydrogens is 385 g/mol. The number of benzene rings is 1. The van der Waals surface area contributed by atoms with Gasteiger partial charge in [-0.2, -0.15) is 0 Å². The third kappa shape index (κ3) is 4.10. The fraction of sp³-hybridized carbons (Fsp3) is 0.261. The fourth-order valence-corrected chi connectivity index (χ4v) is 3.84. The Hall–Kier alpha value is -3.48. The second-order valence-electron chi connectivity index (χ2n) is 7.28. The molecule has 1 fully saturated rings. The highest BCUT2D eigenvalue weighted by Crippen LogP contribution is 2.32. The van der Waals surface area contributed by atoms with Gasteiger partial charge in [0.15, 0.2) is 5.76 Å². The minimum atomic E-state index is -1.10. The zero-order chi connectivity index (χ0) is 20.9. The summed E-state index contributed by atoms with van der Waals surface area (Å²) in [6.45, 7) is 0. The van der Waals surface area contributed by atoms with Crippen LogP contribution in [0.25, 0.3) is 0 Å². The van der Waals surface area contributed by atoms with Crippen molar-refractivity contribution in [2.75, 3.05) is 4.90 Å². The molecule has 0 radical (unpaired) electrons. The number of para-hydroxylation sites is 1. The molecule has 2 aromatic heterocycles. The Morgan fingerprint density at radius 2 is 1.90 bits per heavy atom. The molecule has 1 unspecified atom stereocenters. The molecule has 1 saturated carbocycles. The van der Waals surface area contributed by atoms with Gasteiger partial charge in [-0.25, -0.2) is 4.39 Å². The van der Waals surface area contributed by atoms with Crippen LogP contribution in [0.4, 0.5) is 10.1 Å². The van der Waals surface area contributed by atoms with E-state index in [4.69, 9.17) is 4.42 Å². The zero-order valence-corrected chi connectivity index (χ0v) is 16.3. The lowest BCUT2D eigenvalue weighted by molar-refractivity contribution is -0.123. The molecule has 30 heavy (non-hydrogen) atoms. The number of rotatable bonds is 6. The van der Waals surface area contributed by atoms with Crippen molar-refractivity contribution >= 4 is 17.5 Å². The number of aromatic nitrogens is 1. The maximum atomic E-state index is 14.8. The number of halogens is 1. The minimum absolute atomic E-state index is 0.00525. The lowest BCUT2D eigenvalue weighted by Crippen LogP contribution is -2.46. The molecule has 1 N–H and O–H groups in total. The average Bonchev–Trinajstić information content (AvgIpc) is 3.47. The Kier molecular flexibility index (Phi) is 5.88. The molecule has 0 saturated heterocycles. The highest BCUT2D eigenvalue weighted by Gasteiger charge is 2.37. The second kappa shape index (κ2) is 8.90. The van der Waals surface area contributed by atoms with E-state index in [-0.39, 0.29) is 23.4 Å². The van der Waals surface area contributed by atoms with Crippen LogP contribution in [0.15, 0.2) is 71.6 Å². The van der Waals surface area contributed by atoms with Crippen LogP contribution in [0, 0.1) is 5.82 Å². The number of nitrogens with one attached hydrogen (secondary N) is 1. The van der Waals surface area contributed by atoms with Crippen LogP contribution in [0.5, 0.6) is 0 Å². The molecule has 1 aromatic carbocycles. The summed E-state index contributed by atoms with van der Waals surface area (Å²) in [6, 6.07) is 11.3. The first kappa shape index (κ1) is 19.8. The summed E-state index contributed by atoms with van der Waals surface area (Å²) in [4.78, 5) is 32.0. The predicted octanol–water partition coefficient (Wildman–Crippen LogP) is 4.26. The minimum Gasteiger partial charge on any atom is -0.459 e. The molecule has 0 bridgehead atoms. The lowest BCUT2D eigenvalue weighted by Gasteiger charge is -2.31. The first-order valence-electron chi connectivity index (χ1n) is 9.97. The molecule has 4 rings (SSSR count). The molecule has 1 aliphatic rings. The van der Waals surface area contributed by atoms with E-state index in [1.54, 1.807) is 30.5 Å². The summed E-state index contributed by atoms with van der Waals surface area (Å²) in [5.41, 5.74) is 0.477. The Bertz CT molecular complexity index is 1000. The van der Waals surface area contributed by atoms with Gasteiger partial charge in [-0.15, -0.1) is 0 Å². The maximum absolute atomic E-state index is 14.8. The number of carbonyl (C=O) groups is 2. The fourth-order valence-electron chi connectivity index (χ4n) is 3.84. The van der Waals surface area contributed by atoms with E-state index in [2.05, 4.69) is 10.3 Å². The van der Waals surface area contributed by atoms with Crippen LogP contribution in [0.2, 0.25) is 0 Å². The molecule has 2 amide bonds. The van der Waals surface area contributed by atoms with Gasteiger partial charge < -0.3 is 9.73 Å². The van der Waals surface area contributed by atoms with Crippen molar-refractivity contribution in [2.45, 2.75) is 37.8 Å². The van der Waals surface area contributed by atoms with E-state index in [1.165, 1.54) is 36.7 Å². The SMILES string of the molecule is O=C(NC1CCCC1)C(c1cccnc1)N(C(=O)c1ccco1)c1ccccc1F. The highest BCUT2D eigenvalue weighted by molar-refractivity contribution is 6.08. The van der Waals surface area contributed by atoms with Crippen LogP contribution < -0.4 is 10.2 Å². The Morgan fingerprint density at radius 3 is 2.57 bits per heavy atom. The third-order valence-electron chi connectivity index (χ3n) is 5.27. The van der Waals surface area contributed by atoms with Crippen molar-refractivity contribution in [3.8, 4) is 0 Å². The predicted molar refractivity (Wildman–Crippen MR) is 109 cm³/mol. The molecule has 1 aliphatic carbocycles. The average molecular weight is 407 g/mol. The van der Waals surface area contributed by atoms with Gasteiger partial charge in [0.25, 0.3) is 5.91 Å². The van der Waals surface area contributed by atoms with Gasteiger partial charge in [0.05, 0.1) is 12.0 Å². The van der Waals surface area contributed by atoms with Gasteiger partial charge in [0, 0.05) is 24.0 Å². The van der Waals surface area contributed by atoms with Crippen LogP contribution in [-0.2, 0) is 4.79 Å². The summed E-state index contributed by atoms with van der Waals surface area (Å²) in [5.74, 6) is -1.58. The number of anilines is 1. The molecule has 1 atom stereocenters. The Balaban J connectivity index is 1.80. The molecule has 6 nitrogen and oxygen atoms in total. The third-order valence-corrected chi connectivity index (χ3v) is 5.27. The van der Waals surface area contributed by atoms with Crippen LogP contribution in [-0.4, -0.2) is 22.8 Å². The van der Waals surface area contributed by atoms with Gasteiger partial charge in [0.2, 0.25) is 5.91 Å². The van der Waals surface area contributed by atoms with Crippen molar-refractivity contribution < 1.29 is 18.4 Å². The molecule has 2 heterocycles. The molecule has 154 valence electrons. The molecule has 0 spiro atoms. The first-order chi connectivity index (χ1) is 14.6. The summed E-state index contributed by atoms with van der Waals surface area (Å²) < 4.78 is 20.1. The van der Waals surface area contributed by atoms with Gasteiger partial charge in [-0.05, 0) is 43.2 Å². The zero-order valence-electron chi connectivity index (χ0n) is 16.3. The number of furan rings is 1. The summed E-state index contributed by atoms with van der Waals surface area (Å²) in [5, 5.41) is 3.03. The van der Waals surface area contributed by atoms with E-state index in [0.29, 0.717) is 5.56 Å². The lowest BCUT2D eigenvalue weighted by atomic mass is 10.0. The standard InChI is InChI=1S/C23H22FN3O3/c24-18-10-3-4-11-19(18)27(23(29)20-12-6-14-30-20)21(16-7-5-13-25-15-16)22(28)26-17-8-1-2-9-17/h3-7,10-15,17,21H,1-2,8-9H2,(H,26,28). The molecule has 0 aliphatic heterocycles. The van der Waals surface area contributed by atoms with Crippen LogP contribution in [0.3, 0.4) is 0 Å². The number of amides is 2. The van der Waals surface area contributed by atoms with Gasteiger partial charge in [-0.3, -0.25) is 19.5 Å². The van der Waals surface area contributed by atoms with E-state index in [1.807, 2.05) is 0 Å². The highest BCUT2D eigenvalue weighted by atomic mass is 19.1. The van der Waals surface area contributed by atoms with Crippen LogP contribution >= 0.6 is 0 Å². The second-order valence-corrected chi connectivity index (χ2v) is 7.28. The van der Waals surface area contributed by atoms with Gasteiger partial charge in [0.1, 0.15) is 11.9 Å². The van der Waals surface area contributed by atoms with E-state index >= 15 is 0 Å². The van der Waals surface area contributed by atoms with Gasteiger partial charge >= 0.3 is 0 Å². The van der Waals surface area contributed by atoms with Crippen molar-refractivity contribution in [3.63, 3.8) is 0 Å². The number of nitrogens with zero attached hydrogens (tertiary/aromatic N) is 2.